The summed E-state index contributed by atoms with van der Waals surface area (Å²) in [6.45, 7) is 10.9. The van der Waals surface area contributed by atoms with Crippen LogP contribution in [0.2, 0.25) is 0 Å². The highest BCUT2D eigenvalue weighted by molar-refractivity contribution is 7.80. The summed E-state index contributed by atoms with van der Waals surface area (Å²) in [6, 6.07) is 23.8. The molecule has 35 heavy (non-hydrogen) atoms. The van der Waals surface area contributed by atoms with Crippen LogP contribution < -0.4 is 10.2 Å². The van der Waals surface area contributed by atoms with Crippen LogP contribution in [0.25, 0.3) is 5.69 Å². The molecule has 0 spiro atoms. The smallest absolute Gasteiger partial charge is 0.174 e. The Kier molecular flexibility index (Phi) is 6.20. The fourth-order valence-electron chi connectivity index (χ4n) is 5.19. The lowest BCUT2D eigenvalue weighted by Crippen LogP contribution is -2.29. The van der Waals surface area contributed by atoms with Gasteiger partial charge in [-0.2, -0.15) is 0 Å². The van der Waals surface area contributed by atoms with Crippen LogP contribution in [0.15, 0.2) is 72.9 Å². The molecule has 2 aromatic heterocycles. The summed E-state index contributed by atoms with van der Waals surface area (Å²) in [5.74, 6) is 0. The summed E-state index contributed by atoms with van der Waals surface area (Å²) < 4.78 is 2.35. The van der Waals surface area contributed by atoms with Crippen molar-refractivity contribution < 1.29 is 0 Å². The monoisotopic (exact) mass is 480 g/mol. The number of pyridine rings is 1. The Bertz CT molecular complexity index is 1370. The van der Waals surface area contributed by atoms with E-state index in [0.29, 0.717) is 0 Å². The zero-order valence-corrected chi connectivity index (χ0v) is 21.9. The van der Waals surface area contributed by atoms with Gasteiger partial charge in [0.15, 0.2) is 5.11 Å². The number of anilines is 1. The SMILES string of the molecule is CCc1ccc(-n2c(C)cc([C@H]3[C@@H](c4ccccn4)NC(=S)N3c3ccc(C)c(C)c3)c2C)cc1. The van der Waals surface area contributed by atoms with Gasteiger partial charge in [0.25, 0.3) is 0 Å². The van der Waals surface area contributed by atoms with Gasteiger partial charge in [0, 0.05) is 29.0 Å². The molecule has 1 aliphatic rings. The minimum atomic E-state index is -0.0540. The van der Waals surface area contributed by atoms with E-state index < -0.39 is 0 Å². The molecule has 1 fully saturated rings. The molecule has 5 rings (SSSR count). The summed E-state index contributed by atoms with van der Waals surface area (Å²) >= 11 is 5.94. The van der Waals surface area contributed by atoms with E-state index >= 15 is 0 Å². The standard InChI is InChI=1S/C30H32N4S/c1-6-23-11-14-24(15-12-23)33-21(4)18-26(22(33)5)29-28(27-9-7-8-16-31-27)32-30(35)34(29)25-13-10-19(2)20(3)17-25/h7-18,28-29H,6H2,1-5H3,(H,32,35)/t28-,29+/m1/s1. The first kappa shape index (κ1) is 23.3. The first-order chi connectivity index (χ1) is 16.9. The minimum Gasteiger partial charge on any atom is -0.351 e. The van der Waals surface area contributed by atoms with Gasteiger partial charge in [-0.1, -0.05) is 31.2 Å². The molecule has 0 saturated carbocycles. The molecular formula is C30H32N4S. The Balaban J connectivity index is 1.66. The Hall–Kier alpha value is -3.44. The van der Waals surface area contributed by atoms with E-state index in [4.69, 9.17) is 17.2 Å². The summed E-state index contributed by atoms with van der Waals surface area (Å²) in [6.07, 6.45) is 2.89. The summed E-state index contributed by atoms with van der Waals surface area (Å²) in [4.78, 5) is 6.98. The second-order valence-electron chi connectivity index (χ2n) is 9.45. The zero-order chi connectivity index (χ0) is 24.7. The lowest BCUT2D eigenvalue weighted by Gasteiger charge is -2.28. The van der Waals surface area contributed by atoms with Gasteiger partial charge in [-0.05, 0) is 111 Å². The highest BCUT2D eigenvalue weighted by Gasteiger charge is 2.42. The van der Waals surface area contributed by atoms with Gasteiger partial charge in [-0.15, -0.1) is 0 Å². The Labute approximate surface area is 213 Å². The van der Waals surface area contributed by atoms with E-state index in [1.165, 1.54) is 39.3 Å². The molecular weight excluding hydrogens is 448 g/mol. The number of nitrogens with one attached hydrogen (secondary N) is 1. The average Bonchev–Trinajstić information content (AvgIpc) is 3.36. The molecule has 0 bridgehead atoms. The van der Waals surface area contributed by atoms with Crippen molar-refractivity contribution in [1.29, 1.82) is 0 Å². The van der Waals surface area contributed by atoms with E-state index in [0.717, 1.165) is 22.9 Å². The highest BCUT2D eigenvalue weighted by Crippen LogP contribution is 2.44. The number of aryl methyl sites for hydroxylation is 4. The first-order valence-electron chi connectivity index (χ1n) is 12.2. The highest BCUT2D eigenvalue weighted by atomic mass is 32.1. The molecule has 178 valence electrons. The van der Waals surface area contributed by atoms with Crippen molar-refractivity contribution >= 4 is 23.0 Å². The molecule has 0 amide bonds. The molecule has 2 aromatic carbocycles. The fraction of sp³-hybridized carbons (Fsp3) is 0.267. The number of aromatic nitrogens is 2. The maximum absolute atomic E-state index is 5.94. The summed E-state index contributed by atoms with van der Waals surface area (Å²) in [5, 5.41) is 4.33. The van der Waals surface area contributed by atoms with Crippen molar-refractivity contribution in [1.82, 2.24) is 14.9 Å². The molecule has 1 saturated heterocycles. The third-order valence-electron chi connectivity index (χ3n) is 7.26. The normalized spacial score (nSPS) is 17.6. The first-order valence-corrected chi connectivity index (χ1v) is 12.7. The molecule has 5 heteroatoms. The van der Waals surface area contributed by atoms with Crippen LogP contribution in [-0.2, 0) is 6.42 Å². The third-order valence-corrected chi connectivity index (χ3v) is 7.57. The van der Waals surface area contributed by atoms with E-state index in [-0.39, 0.29) is 12.1 Å². The number of thiocarbonyl (C=S) groups is 1. The Morgan fingerprint density at radius 3 is 2.29 bits per heavy atom. The Morgan fingerprint density at radius 1 is 0.886 bits per heavy atom. The number of nitrogens with zero attached hydrogens (tertiary/aromatic N) is 3. The predicted octanol–water partition coefficient (Wildman–Crippen LogP) is 6.85. The van der Waals surface area contributed by atoms with Crippen molar-refractivity contribution in [2.24, 2.45) is 0 Å². The van der Waals surface area contributed by atoms with Crippen LogP contribution in [-0.4, -0.2) is 14.7 Å². The number of rotatable bonds is 5. The van der Waals surface area contributed by atoms with Gasteiger partial charge >= 0.3 is 0 Å². The second kappa shape index (κ2) is 9.31. The molecule has 0 unspecified atom stereocenters. The van der Waals surface area contributed by atoms with Crippen LogP contribution in [0, 0.1) is 27.7 Å². The molecule has 0 aliphatic carbocycles. The predicted molar refractivity (Wildman–Crippen MR) is 148 cm³/mol. The Morgan fingerprint density at radius 2 is 1.63 bits per heavy atom. The number of hydrogen-bond donors (Lipinski definition) is 1. The van der Waals surface area contributed by atoms with Crippen LogP contribution in [0.3, 0.4) is 0 Å². The van der Waals surface area contributed by atoms with Crippen molar-refractivity contribution in [3.05, 3.63) is 112 Å². The van der Waals surface area contributed by atoms with Gasteiger partial charge in [-0.25, -0.2) is 0 Å². The van der Waals surface area contributed by atoms with Gasteiger partial charge in [0.1, 0.15) is 0 Å². The lowest BCUT2D eigenvalue weighted by atomic mass is 9.96. The minimum absolute atomic E-state index is 0.0191. The van der Waals surface area contributed by atoms with Crippen LogP contribution in [0.1, 0.15) is 58.3 Å². The topological polar surface area (TPSA) is 33.1 Å². The summed E-state index contributed by atoms with van der Waals surface area (Å²) in [5.41, 5.74) is 10.8. The largest absolute Gasteiger partial charge is 0.351 e. The summed E-state index contributed by atoms with van der Waals surface area (Å²) in [7, 11) is 0. The average molecular weight is 481 g/mol. The molecule has 3 heterocycles. The second-order valence-corrected chi connectivity index (χ2v) is 9.83. The van der Waals surface area contributed by atoms with Gasteiger partial charge in [0.2, 0.25) is 0 Å². The van der Waals surface area contributed by atoms with Gasteiger partial charge in [0.05, 0.1) is 17.8 Å². The molecule has 4 nitrogen and oxygen atoms in total. The van der Waals surface area contributed by atoms with Crippen LogP contribution in [0.4, 0.5) is 5.69 Å². The van der Waals surface area contributed by atoms with Crippen LogP contribution >= 0.6 is 12.2 Å². The third kappa shape index (κ3) is 4.14. The molecule has 0 radical (unpaired) electrons. The van der Waals surface area contributed by atoms with Gasteiger partial charge < -0.3 is 14.8 Å². The number of benzene rings is 2. The number of hydrogen-bond acceptors (Lipinski definition) is 2. The quantitative estimate of drug-likeness (QED) is 0.317. The zero-order valence-electron chi connectivity index (χ0n) is 21.0. The van der Waals surface area contributed by atoms with E-state index in [1.807, 2.05) is 18.3 Å². The van der Waals surface area contributed by atoms with Crippen molar-refractivity contribution in [3.8, 4) is 5.69 Å². The van der Waals surface area contributed by atoms with Crippen molar-refractivity contribution in [3.63, 3.8) is 0 Å². The van der Waals surface area contributed by atoms with Crippen molar-refractivity contribution in [2.75, 3.05) is 4.90 Å². The molecule has 4 aromatic rings. The molecule has 1 N–H and O–H groups in total. The van der Waals surface area contributed by atoms with E-state index in [9.17, 15) is 0 Å². The van der Waals surface area contributed by atoms with E-state index in [1.54, 1.807) is 0 Å². The van der Waals surface area contributed by atoms with Gasteiger partial charge in [-0.3, -0.25) is 4.98 Å². The molecule has 1 aliphatic heterocycles. The lowest BCUT2D eigenvalue weighted by molar-refractivity contribution is 0.565. The fourth-order valence-corrected chi connectivity index (χ4v) is 5.54. The van der Waals surface area contributed by atoms with Crippen molar-refractivity contribution in [2.45, 2.75) is 53.1 Å². The van der Waals surface area contributed by atoms with E-state index in [2.05, 4.69) is 104 Å². The van der Waals surface area contributed by atoms with Crippen LogP contribution in [0.5, 0.6) is 0 Å². The molecule has 2 atom stereocenters. The maximum Gasteiger partial charge on any atom is 0.174 e. The maximum atomic E-state index is 5.94.